The first kappa shape index (κ1) is 16.0. The number of amides is 2. The predicted molar refractivity (Wildman–Crippen MR) is 74.6 cm³/mol. The summed E-state index contributed by atoms with van der Waals surface area (Å²) in [5.41, 5.74) is 3.21. The molecule has 1 rings (SSSR count). The molecule has 7 heteroatoms. The zero-order valence-corrected chi connectivity index (χ0v) is 12.4. The Morgan fingerprint density at radius 1 is 1.45 bits per heavy atom. The quantitative estimate of drug-likeness (QED) is 0.727. The highest BCUT2D eigenvalue weighted by Crippen LogP contribution is 2.11. The molecule has 0 saturated heterocycles. The van der Waals surface area contributed by atoms with E-state index in [1.54, 1.807) is 7.05 Å². The zero-order valence-electron chi connectivity index (χ0n) is 12.4. The second-order valence-electron chi connectivity index (χ2n) is 4.95. The number of nitrogens with zero attached hydrogens (tertiary/aromatic N) is 2. The number of aryl methyl sites for hydroxylation is 2. The van der Waals surface area contributed by atoms with Crippen LogP contribution in [0.25, 0.3) is 0 Å². The largest absolute Gasteiger partial charge is 0.480 e. The Kier molecular flexibility index (Phi) is 5.54. The topological polar surface area (TPSA) is 98.3 Å². The smallest absolute Gasteiger partial charge is 0.325 e. The molecule has 2 amide bonds. The number of H-pyrrole nitrogens is 1. The van der Waals surface area contributed by atoms with Gasteiger partial charge in [0.25, 0.3) is 0 Å². The molecule has 0 spiro atoms. The molecular weight excluding hydrogens is 260 g/mol. The average molecular weight is 282 g/mol. The first-order chi connectivity index (χ1) is 9.32. The molecule has 1 aromatic heterocycles. The van der Waals surface area contributed by atoms with E-state index in [1.807, 2.05) is 13.8 Å². The number of nitrogens with one attached hydrogen (secondary N) is 2. The Morgan fingerprint density at radius 2 is 2.10 bits per heavy atom. The number of hydrogen-bond acceptors (Lipinski definition) is 3. The molecule has 0 bridgehead atoms. The van der Waals surface area contributed by atoms with Crippen LogP contribution in [0.15, 0.2) is 0 Å². The van der Waals surface area contributed by atoms with E-state index in [2.05, 4.69) is 15.5 Å². The Bertz CT molecular complexity index is 464. The lowest BCUT2D eigenvalue weighted by atomic mass is 10.1. The van der Waals surface area contributed by atoms with Crippen molar-refractivity contribution in [2.75, 3.05) is 13.6 Å². The number of hydrogen-bond donors (Lipinski definition) is 3. The van der Waals surface area contributed by atoms with Crippen molar-refractivity contribution in [3.8, 4) is 0 Å². The van der Waals surface area contributed by atoms with Gasteiger partial charge in [0.05, 0.1) is 5.69 Å². The highest BCUT2D eigenvalue weighted by atomic mass is 16.4. The maximum atomic E-state index is 11.7. The molecule has 1 aromatic rings. The van der Waals surface area contributed by atoms with E-state index in [1.165, 1.54) is 17.4 Å². The van der Waals surface area contributed by atoms with Crippen molar-refractivity contribution in [1.82, 2.24) is 20.4 Å². The number of aromatic amines is 1. The maximum absolute atomic E-state index is 11.7. The molecule has 7 nitrogen and oxygen atoms in total. The van der Waals surface area contributed by atoms with Crippen LogP contribution in [0, 0.1) is 13.8 Å². The molecule has 0 fully saturated rings. The molecule has 112 valence electrons. The molecule has 0 unspecified atom stereocenters. The average Bonchev–Trinajstić information content (AvgIpc) is 2.69. The van der Waals surface area contributed by atoms with Gasteiger partial charge in [-0.1, -0.05) is 0 Å². The standard InChI is InChI=1S/C13H22N4O3/c1-8-11(9(2)16-15-8)6-5-7-17(4)13(20)14-10(3)12(18)19/h10H,5-7H2,1-4H3,(H,14,20)(H,15,16)(H,18,19)/t10-/m1/s1. The van der Waals surface area contributed by atoms with Crippen LogP contribution in [0.1, 0.15) is 30.3 Å². The summed E-state index contributed by atoms with van der Waals surface area (Å²) in [5, 5.41) is 18.2. The first-order valence-corrected chi connectivity index (χ1v) is 6.57. The number of carboxylic acid groups (broad SMARTS) is 1. The van der Waals surface area contributed by atoms with Crippen molar-refractivity contribution in [2.45, 2.75) is 39.7 Å². The zero-order chi connectivity index (χ0) is 15.3. The molecule has 0 aliphatic heterocycles. The number of carboxylic acids is 1. The van der Waals surface area contributed by atoms with E-state index in [0.29, 0.717) is 6.54 Å². The SMILES string of the molecule is Cc1n[nH]c(C)c1CCCN(C)C(=O)N[C@H](C)C(=O)O. The Balaban J connectivity index is 2.38. The van der Waals surface area contributed by atoms with Crippen LogP contribution in [0.2, 0.25) is 0 Å². The summed E-state index contributed by atoms with van der Waals surface area (Å²) in [7, 11) is 1.65. The minimum Gasteiger partial charge on any atom is -0.480 e. The monoisotopic (exact) mass is 282 g/mol. The van der Waals surface area contributed by atoms with Crippen molar-refractivity contribution < 1.29 is 14.7 Å². The molecular formula is C13H22N4O3. The number of carbonyl (C=O) groups is 2. The van der Waals surface area contributed by atoms with Crippen LogP contribution in [-0.2, 0) is 11.2 Å². The fourth-order valence-corrected chi connectivity index (χ4v) is 1.89. The summed E-state index contributed by atoms with van der Waals surface area (Å²) in [4.78, 5) is 23.9. The van der Waals surface area contributed by atoms with Gasteiger partial charge in [0.2, 0.25) is 0 Å². The van der Waals surface area contributed by atoms with E-state index in [-0.39, 0.29) is 6.03 Å². The molecule has 0 aliphatic carbocycles. The molecule has 20 heavy (non-hydrogen) atoms. The van der Waals surface area contributed by atoms with Crippen LogP contribution >= 0.6 is 0 Å². The van der Waals surface area contributed by atoms with Crippen LogP contribution < -0.4 is 5.32 Å². The second kappa shape index (κ2) is 6.93. The van der Waals surface area contributed by atoms with E-state index >= 15 is 0 Å². The Morgan fingerprint density at radius 3 is 2.60 bits per heavy atom. The third-order valence-electron chi connectivity index (χ3n) is 3.26. The number of carbonyl (C=O) groups excluding carboxylic acids is 1. The van der Waals surface area contributed by atoms with E-state index < -0.39 is 12.0 Å². The summed E-state index contributed by atoms with van der Waals surface area (Å²) in [6, 6.07) is -1.26. The van der Waals surface area contributed by atoms with Crippen molar-refractivity contribution in [3.05, 3.63) is 17.0 Å². The summed E-state index contributed by atoms with van der Waals surface area (Å²) >= 11 is 0. The van der Waals surface area contributed by atoms with Crippen molar-refractivity contribution in [3.63, 3.8) is 0 Å². The minimum atomic E-state index is -1.05. The maximum Gasteiger partial charge on any atom is 0.325 e. The van der Waals surface area contributed by atoms with E-state index in [4.69, 9.17) is 5.11 Å². The van der Waals surface area contributed by atoms with Crippen molar-refractivity contribution >= 4 is 12.0 Å². The third-order valence-corrected chi connectivity index (χ3v) is 3.26. The van der Waals surface area contributed by atoms with E-state index in [9.17, 15) is 9.59 Å². The third kappa shape index (κ3) is 4.25. The van der Waals surface area contributed by atoms with Crippen LogP contribution in [0.4, 0.5) is 4.79 Å². The number of aromatic nitrogens is 2. The van der Waals surface area contributed by atoms with Crippen LogP contribution in [-0.4, -0.2) is 51.8 Å². The number of urea groups is 1. The first-order valence-electron chi connectivity index (χ1n) is 6.57. The molecule has 3 N–H and O–H groups in total. The van der Waals surface area contributed by atoms with Gasteiger partial charge in [0.15, 0.2) is 0 Å². The molecule has 0 radical (unpaired) electrons. The lowest BCUT2D eigenvalue weighted by Gasteiger charge is -2.19. The van der Waals surface area contributed by atoms with Crippen LogP contribution in [0.3, 0.4) is 0 Å². The highest BCUT2D eigenvalue weighted by molar-refractivity contribution is 5.82. The van der Waals surface area contributed by atoms with Gasteiger partial charge in [-0.15, -0.1) is 0 Å². The van der Waals surface area contributed by atoms with Gasteiger partial charge in [-0.3, -0.25) is 9.89 Å². The summed E-state index contributed by atoms with van der Waals surface area (Å²) in [6.07, 6.45) is 1.63. The molecule has 0 aliphatic rings. The Labute approximate surface area is 118 Å². The highest BCUT2D eigenvalue weighted by Gasteiger charge is 2.16. The van der Waals surface area contributed by atoms with Gasteiger partial charge in [0.1, 0.15) is 6.04 Å². The predicted octanol–water partition coefficient (Wildman–Crippen LogP) is 1.07. The van der Waals surface area contributed by atoms with Crippen molar-refractivity contribution in [1.29, 1.82) is 0 Å². The fourth-order valence-electron chi connectivity index (χ4n) is 1.89. The normalized spacial score (nSPS) is 12.0. The summed E-state index contributed by atoms with van der Waals surface area (Å²) < 4.78 is 0. The lowest BCUT2D eigenvalue weighted by Crippen LogP contribution is -2.45. The van der Waals surface area contributed by atoms with Crippen LogP contribution in [0.5, 0.6) is 0 Å². The Hall–Kier alpha value is -2.05. The summed E-state index contributed by atoms with van der Waals surface area (Å²) in [6.45, 7) is 5.92. The molecule has 1 atom stereocenters. The van der Waals surface area contributed by atoms with Gasteiger partial charge < -0.3 is 15.3 Å². The lowest BCUT2D eigenvalue weighted by molar-refractivity contribution is -0.138. The molecule has 0 saturated carbocycles. The fraction of sp³-hybridized carbons (Fsp3) is 0.615. The summed E-state index contributed by atoms with van der Waals surface area (Å²) in [5.74, 6) is -1.05. The van der Waals surface area contributed by atoms with Gasteiger partial charge >= 0.3 is 12.0 Å². The van der Waals surface area contributed by atoms with Crippen molar-refractivity contribution in [2.24, 2.45) is 0 Å². The van der Waals surface area contributed by atoms with E-state index in [0.717, 1.165) is 24.2 Å². The number of rotatable bonds is 6. The molecule has 1 heterocycles. The minimum absolute atomic E-state index is 0.375. The van der Waals surface area contributed by atoms with Gasteiger partial charge in [-0.2, -0.15) is 5.10 Å². The molecule has 0 aromatic carbocycles. The van der Waals surface area contributed by atoms with Gasteiger partial charge in [0, 0.05) is 19.3 Å². The van der Waals surface area contributed by atoms with Gasteiger partial charge in [-0.25, -0.2) is 4.79 Å². The second-order valence-corrected chi connectivity index (χ2v) is 4.95. The van der Waals surface area contributed by atoms with Gasteiger partial charge in [-0.05, 0) is 39.2 Å². The number of aliphatic carboxylic acids is 1.